The van der Waals surface area contributed by atoms with Crippen LogP contribution in [0.2, 0.25) is 0 Å². The van der Waals surface area contributed by atoms with Crippen LogP contribution in [0.1, 0.15) is 32.0 Å². The van der Waals surface area contributed by atoms with Crippen molar-refractivity contribution in [3.63, 3.8) is 0 Å². The average Bonchev–Trinajstić information content (AvgIpc) is 2.96. The van der Waals surface area contributed by atoms with Crippen LogP contribution in [0.4, 0.5) is 10.1 Å². The standard InChI is InChI=1S/C21H16FN3O4S/c1-13-11-15(22)6-9-18(13)24-30(28,29)16-7-4-14(5-8-16)12-25-20(26)17-3-2-10-23-19(17)21(25)27/h2-11,24H,12H2,1H3. The molecule has 3 aromatic rings. The number of aryl methyl sites for hydroxylation is 1. The molecule has 0 saturated heterocycles. The first-order valence-electron chi connectivity index (χ1n) is 8.95. The lowest BCUT2D eigenvalue weighted by molar-refractivity contribution is 0.0640. The molecule has 0 bridgehead atoms. The molecule has 0 atom stereocenters. The molecule has 0 spiro atoms. The van der Waals surface area contributed by atoms with Crippen LogP contribution in [0.5, 0.6) is 0 Å². The van der Waals surface area contributed by atoms with E-state index < -0.39 is 27.7 Å². The third-order valence-electron chi connectivity index (χ3n) is 4.74. The summed E-state index contributed by atoms with van der Waals surface area (Å²) in [5.41, 5.74) is 1.68. The molecular formula is C21H16FN3O4S. The Morgan fingerprint density at radius 1 is 1.03 bits per heavy atom. The zero-order valence-corrected chi connectivity index (χ0v) is 16.6. The van der Waals surface area contributed by atoms with Crippen molar-refractivity contribution >= 4 is 27.5 Å². The van der Waals surface area contributed by atoms with Crippen molar-refractivity contribution in [2.45, 2.75) is 18.4 Å². The number of nitrogens with one attached hydrogen (secondary N) is 1. The number of anilines is 1. The van der Waals surface area contributed by atoms with Crippen LogP contribution in [0.15, 0.2) is 65.7 Å². The highest BCUT2D eigenvalue weighted by Gasteiger charge is 2.36. The van der Waals surface area contributed by atoms with Gasteiger partial charge >= 0.3 is 0 Å². The summed E-state index contributed by atoms with van der Waals surface area (Å²) in [5, 5.41) is 0. The molecule has 7 nitrogen and oxygen atoms in total. The van der Waals surface area contributed by atoms with Crippen LogP contribution in [-0.4, -0.2) is 30.1 Å². The van der Waals surface area contributed by atoms with E-state index in [9.17, 15) is 22.4 Å². The van der Waals surface area contributed by atoms with Gasteiger partial charge in [0.1, 0.15) is 11.5 Å². The number of imide groups is 1. The van der Waals surface area contributed by atoms with Crippen LogP contribution < -0.4 is 4.72 Å². The van der Waals surface area contributed by atoms with Crippen LogP contribution in [0.25, 0.3) is 0 Å². The Morgan fingerprint density at radius 3 is 2.43 bits per heavy atom. The number of pyridine rings is 1. The highest BCUT2D eigenvalue weighted by molar-refractivity contribution is 7.92. The van der Waals surface area contributed by atoms with E-state index in [0.717, 1.165) is 4.90 Å². The number of aromatic nitrogens is 1. The molecule has 9 heteroatoms. The van der Waals surface area contributed by atoms with E-state index in [1.807, 2.05) is 0 Å². The highest BCUT2D eigenvalue weighted by atomic mass is 32.2. The summed E-state index contributed by atoms with van der Waals surface area (Å²) in [6, 6.07) is 12.7. The van der Waals surface area contributed by atoms with Crippen molar-refractivity contribution in [2.24, 2.45) is 0 Å². The number of rotatable bonds is 5. The fourth-order valence-corrected chi connectivity index (χ4v) is 4.29. The van der Waals surface area contributed by atoms with E-state index in [0.29, 0.717) is 11.1 Å². The van der Waals surface area contributed by atoms with Gasteiger partial charge in [-0.15, -0.1) is 0 Å². The number of carbonyl (C=O) groups is 2. The molecule has 1 aliphatic rings. The fraction of sp³-hybridized carbons (Fsp3) is 0.0952. The second kappa shape index (κ2) is 7.34. The molecule has 0 saturated carbocycles. The van der Waals surface area contributed by atoms with Gasteiger partial charge in [0.15, 0.2) is 0 Å². The third-order valence-corrected chi connectivity index (χ3v) is 6.12. The lowest BCUT2D eigenvalue weighted by Crippen LogP contribution is -2.29. The molecule has 30 heavy (non-hydrogen) atoms. The van der Waals surface area contributed by atoms with Gasteiger partial charge in [-0.2, -0.15) is 0 Å². The first kappa shape index (κ1) is 19.7. The normalized spacial score (nSPS) is 13.5. The van der Waals surface area contributed by atoms with E-state index in [4.69, 9.17) is 0 Å². The lowest BCUT2D eigenvalue weighted by atomic mass is 10.2. The molecule has 1 aromatic heterocycles. The Bertz CT molecular complexity index is 1240. The summed E-state index contributed by atoms with van der Waals surface area (Å²) in [4.78, 5) is 29.9. The average molecular weight is 425 g/mol. The van der Waals surface area contributed by atoms with Gasteiger partial charge in [0.2, 0.25) is 0 Å². The molecule has 4 rings (SSSR count). The summed E-state index contributed by atoms with van der Waals surface area (Å²) in [6.45, 7) is 1.60. The molecule has 1 aliphatic heterocycles. The van der Waals surface area contributed by atoms with Crippen molar-refractivity contribution in [2.75, 3.05) is 4.72 Å². The molecule has 2 aromatic carbocycles. The maximum atomic E-state index is 13.2. The molecule has 2 heterocycles. The predicted molar refractivity (Wildman–Crippen MR) is 107 cm³/mol. The largest absolute Gasteiger partial charge is 0.280 e. The maximum Gasteiger partial charge on any atom is 0.280 e. The second-order valence-electron chi connectivity index (χ2n) is 6.80. The summed E-state index contributed by atoms with van der Waals surface area (Å²) >= 11 is 0. The van der Waals surface area contributed by atoms with Crippen LogP contribution in [0.3, 0.4) is 0 Å². The molecule has 152 valence electrons. The zero-order valence-electron chi connectivity index (χ0n) is 15.8. The Balaban J connectivity index is 1.52. The summed E-state index contributed by atoms with van der Waals surface area (Å²) in [6.07, 6.45) is 1.45. The number of benzene rings is 2. The van der Waals surface area contributed by atoms with Gasteiger partial charge in [0, 0.05) is 6.20 Å². The van der Waals surface area contributed by atoms with Gasteiger partial charge in [-0.1, -0.05) is 12.1 Å². The fourth-order valence-electron chi connectivity index (χ4n) is 3.16. The maximum absolute atomic E-state index is 13.2. The van der Waals surface area contributed by atoms with Gasteiger partial charge in [-0.25, -0.2) is 12.8 Å². The van der Waals surface area contributed by atoms with Crippen LogP contribution >= 0.6 is 0 Å². The number of fused-ring (bicyclic) bond motifs is 1. The second-order valence-corrected chi connectivity index (χ2v) is 8.49. The number of carbonyl (C=O) groups excluding carboxylic acids is 2. The zero-order chi connectivity index (χ0) is 21.5. The molecule has 0 unspecified atom stereocenters. The van der Waals surface area contributed by atoms with Crippen LogP contribution in [0, 0.1) is 12.7 Å². The van der Waals surface area contributed by atoms with Crippen LogP contribution in [-0.2, 0) is 16.6 Å². The van der Waals surface area contributed by atoms with E-state index in [1.54, 1.807) is 19.1 Å². The quantitative estimate of drug-likeness (QED) is 0.634. The highest BCUT2D eigenvalue weighted by Crippen LogP contribution is 2.24. The van der Waals surface area contributed by atoms with Crippen molar-refractivity contribution in [3.8, 4) is 0 Å². The Labute approximate surface area is 172 Å². The van der Waals surface area contributed by atoms with Crippen molar-refractivity contribution < 1.29 is 22.4 Å². The molecular weight excluding hydrogens is 409 g/mol. The molecule has 0 radical (unpaired) electrons. The van der Waals surface area contributed by atoms with Crippen molar-refractivity contribution in [1.29, 1.82) is 0 Å². The Kier molecular flexibility index (Phi) is 4.83. The third kappa shape index (κ3) is 3.55. The summed E-state index contributed by atoms with van der Waals surface area (Å²) < 4.78 is 40.9. The number of amides is 2. The van der Waals surface area contributed by atoms with Gasteiger partial charge in [0.25, 0.3) is 21.8 Å². The number of sulfonamides is 1. The SMILES string of the molecule is Cc1cc(F)ccc1NS(=O)(=O)c1ccc(CN2C(=O)c3cccnc3C2=O)cc1. The number of nitrogens with zero attached hydrogens (tertiary/aromatic N) is 2. The Morgan fingerprint density at radius 2 is 1.77 bits per heavy atom. The molecule has 2 amide bonds. The van der Waals surface area contributed by atoms with E-state index in [2.05, 4.69) is 9.71 Å². The van der Waals surface area contributed by atoms with E-state index in [1.165, 1.54) is 48.7 Å². The minimum absolute atomic E-state index is 0.000923. The Hall–Kier alpha value is -3.59. The first-order chi connectivity index (χ1) is 14.3. The van der Waals surface area contributed by atoms with Crippen molar-refractivity contribution in [1.82, 2.24) is 9.88 Å². The van der Waals surface area contributed by atoms with Gasteiger partial charge < -0.3 is 0 Å². The minimum atomic E-state index is -3.89. The van der Waals surface area contributed by atoms with Gasteiger partial charge in [0.05, 0.1) is 22.7 Å². The van der Waals surface area contributed by atoms with E-state index in [-0.39, 0.29) is 28.4 Å². The minimum Gasteiger partial charge on any atom is -0.279 e. The molecule has 0 fully saturated rings. The monoisotopic (exact) mass is 425 g/mol. The predicted octanol–water partition coefficient (Wildman–Crippen LogP) is 3.13. The number of hydrogen-bond acceptors (Lipinski definition) is 5. The summed E-state index contributed by atoms with van der Waals surface area (Å²) in [5.74, 6) is -1.38. The van der Waals surface area contributed by atoms with Crippen molar-refractivity contribution in [3.05, 3.63) is 89.0 Å². The molecule has 0 aliphatic carbocycles. The number of hydrogen-bond donors (Lipinski definition) is 1. The summed E-state index contributed by atoms with van der Waals surface area (Å²) in [7, 11) is -3.89. The first-order valence-corrected chi connectivity index (χ1v) is 10.4. The van der Waals surface area contributed by atoms with E-state index >= 15 is 0 Å². The van der Waals surface area contributed by atoms with Gasteiger partial charge in [-0.3, -0.25) is 24.2 Å². The smallest absolute Gasteiger partial charge is 0.279 e. The molecule has 1 N–H and O–H groups in total. The number of halogens is 1. The van der Waals surface area contributed by atoms with Gasteiger partial charge in [-0.05, 0) is 60.5 Å². The lowest BCUT2D eigenvalue weighted by Gasteiger charge is -2.14. The topological polar surface area (TPSA) is 96.4 Å².